The molecule has 0 N–H and O–H groups in total. The third kappa shape index (κ3) is 49.7. The standard InChI is InChI=1S/C57H98O6/c1-4-7-10-13-16-19-22-25-27-28-30-33-35-38-41-44-47-50-56(59)62-53-54(63-57(60)51-48-45-42-39-36-31-24-21-18-15-12-9-6-3)52-61-55(58)49-46-43-40-37-34-32-29-26-23-20-17-14-11-8-5-2/h8,11,16-17,19-20,25-27,29,34,37,54H,4-7,9-10,12-15,18,21-24,28,30-33,35-36,38-53H2,1-3H3/b11-8-,19-16-,20-17-,27-25-,29-26-,37-34-/t54-/m1/s1. The molecule has 0 aliphatic heterocycles. The molecule has 1 atom stereocenters. The topological polar surface area (TPSA) is 78.9 Å². The van der Waals surface area contributed by atoms with Crippen LogP contribution in [-0.4, -0.2) is 37.2 Å². The van der Waals surface area contributed by atoms with Crippen LogP contribution in [0.5, 0.6) is 0 Å². The van der Waals surface area contributed by atoms with Crippen molar-refractivity contribution in [3.05, 3.63) is 72.9 Å². The largest absolute Gasteiger partial charge is 0.462 e. The first kappa shape index (κ1) is 59.9. The van der Waals surface area contributed by atoms with Gasteiger partial charge in [0.25, 0.3) is 0 Å². The smallest absolute Gasteiger partial charge is 0.306 e. The van der Waals surface area contributed by atoms with Crippen molar-refractivity contribution in [2.75, 3.05) is 13.2 Å². The van der Waals surface area contributed by atoms with E-state index in [9.17, 15) is 14.4 Å². The van der Waals surface area contributed by atoms with Gasteiger partial charge >= 0.3 is 17.9 Å². The fourth-order valence-corrected chi connectivity index (χ4v) is 7.23. The van der Waals surface area contributed by atoms with E-state index in [1.807, 2.05) is 0 Å². The van der Waals surface area contributed by atoms with E-state index in [1.54, 1.807) is 0 Å². The Labute approximate surface area is 389 Å². The number of hydrogen-bond donors (Lipinski definition) is 0. The van der Waals surface area contributed by atoms with Crippen molar-refractivity contribution in [3.63, 3.8) is 0 Å². The second-order valence-electron chi connectivity index (χ2n) is 17.4. The van der Waals surface area contributed by atoms with Gasteiger partial charge in [-0.15, -0.1) is 0 Å². The molecule has 0 fully saturated rings. The van der Waals surface area contributed by atoms with Crippen molar-refractivity contribution in [2.45, 2.75) is 258 Å². The van der Waals surface area contributed by atoms with Crippen molar-refractivity contribution in [3.8, 4) is 0 Å². The third-order valence-electron chi connectivity index (χ3n) is 11.2. The van der Waals surface area contributed by atoms with Crippen LogP contribution in [0.2, 0.25) is 0 Å². The summed E-state index contributed by atoms with van der Waals surface area (Å²) in [4.78, 5) is 38.0. The van der Waals surface area contributed by atoms with Gasteiger partial charge in [-0.3, -0.25) is 14.4 Å². The van der Waals surface area contributed by atoms with Crippen LogP contribution in [0, 0.1) is 0 Å². The van der Waals surface area contributed by atoms with Gasteiger partial charge in [0.05, 0.1) is 0 Å². The molecule has 0 radical (unpaired) electrons. The zero-order valence-corrected chi connectivity index (χ0v) is 41.3. The SMILES string of the molecule is CC/C=C\C/C=C\C/C=C\C/C=C\CCCCC(=O)OC[C@H](COC(=O)CCCCCCCCC/C=C\C/C=C\CCCCC)OC(=O)CCCCCCCCCCCCCCC. The molecule has 0 amide bonds. The lowest BCUT2D eigenvalue weighted by Crippen LogP contribution is -2.30. The Morgan fingerprint density at radius 2 is 0.619 bits per heavy atom. The molecular formula is C57H98O6. The number of hydrogen-bond acceptors (Lipinski definition) is 6. The summed E-state index contributed by atoms with van der Waals surface area (Å²) in [7, 11) is 0. The molecule has 0 aromatic heterocycles. The van der Waals surface area contributed by atoms with Crippen LogP contribution >= 0.6 is 0 Å². The average Bonchev–Trinajstić information content (AvgIpc) is 3.28. The predicted molar refractivity (Wildman–Crippen MR) is 270 cm³/mol. The first-order chi connectivity index (χ1) is 31.0. The summed E-state index contributed by atoms with van der Waals surface area (Å²) in [6.07, 6.45) is 64.5. The Balaban J connectivity index is 4.43. The molecule has 63 heavy (non-hydrogen) atoms. The molecule has 0 aliphatic carbocycles. The monoisotopic (exact) mass is 879 g/mol. The fraction of sp³-hybridized carbons (Fsp3) is 0.737. The first-order valence-corrected chi connectivity index (χ1v) is 26.4. The van der Waals surface area contributed by atoms with E-state index in [2.05, 4.69) is 93.7 Å². The maximum Gasteiger partial charge on any atom is 0.306 e. The second-order valence-corrected chi connectivity index (χ2v) is 17.4. The minimum Gasteiger partial charge on any atom is -0.462 e. The minimum absolute atomic E-state index is 0.0913. The van der Waals surface area contributed by atoms with Gasteiger partial charge in [0.15, 0.2) is 6.10 Å². The maximum atomic E-state index is 12.8. The van der Waals surface area contributed by atoms with Crippen LogP contribution in [0.4, 0.5) is 0 Å². The first-order valence-electron chi connectivity index (χ1n) is 26.4. The van der Waals surface area contributed by atoms with Crippen molar-refractivity contribution in [1.82, 2.24) is 0 Å². The van der Waals surface area contributed by atoms with E-state index >= 15 is 0 Å². The molecule has 0 heterocycles. The molecule has 0 aromatic carbocycles. The molecule has 6 heteroatoms. The summed E-state index contributed by atoms with van der Waals surface area (Å²) in [6.45, 7) is 6.46. The Kier molecular flexibility index (Phi) is 48.9. The highest BCUT2D eigenvalue weighted by atomic mass is 16.6. The van der Waals surface area contributed by atoms with Crippen LogP contribution in [-0.2, 0) is 28.6 Å². The van der Waals surface area contributed by atoms with Gasteiger partial charge in [0.2, 0.25) is 0 Å². The van der Waals surface area contributed by atoms with Crippen LogP contribution in [0.15, 0.2) is 72.9 Å². The molecule has 0 spiro atoms. The van der Waals surface area contributed by atoms with E-state index in [4.69, 9.17) is 14.2 Å². The van der Waals surface area contributed by atoms with Gasteiger partial charge in [-0.05, 0) is 89.9 Å². The number of carbonyl (C=O) groups is 3. The Morgan fingerprint density at radius 1 is 0.333 bits per heavy atom. The molecule has 0 saturated heterocycles. The van der Waals surface area contributed by atoms with Crippen LogP contribution in [0.3, 0.4) is 0 Å². The average molecular weight is 879 g/mol. The van der Waals surface area contributed by atoms with Crippen molar-refractivity contribution >= 4 is 17.9 Å². The third-order valence-corrected chi connectivity index (χ3v) is 11.2. The fourth-order valence-electron chi connectivity index (χ4n) is 7.23. The molecule has 6 nitrogen and oxygen atoms in total. The highest BCUT2D eigenvalue weighted by Crippen LogP contribution is 2.15. The Bertz CT molecular complexity index is 1190. The lowest BCUT2D eigenvalue weighted by molar-refractivity contribution is -0.167. The van der Waals surface area contributed by atoms with E-state index in [-0.39, 0.29) is 31.1 Å². The van der Waals surface area contributed by atoms with Gasteiger partial charge in [-0.25, -0.2) is 0 Å². The quantitative estimate of drug-likeness (QED) is 0.0262. The zero-order chi connectivity index (χ0) is 45.8. The lowest BCUT2D eigenvalue weighted by atomic mass is 10.0. The molecule has 0 saturated carbocycles. The zero-order valence-electron chi connectivity index (χ0n) is 41.3. The van der Waals surface area contributed by atoms with E-state index in [0.717, 1.165) is 96.3 Å². The summed E-state index contributed by atoms with van der Waals surface area (Å²) in [6, 6.07) is 0. The molecular weight excluding hydrogens is 781 g/mol. The molecule has 0 aromatic rings. The number of ether oxygens (including phenoxy) is 3. The highest BCUT2D eigenvalue weighted by molar-refractivity contribution is 5.71. The normalized spacial score (nSPS) is 12.6. The highest BCUT2D eigenvalue weighted by Gasteiger charge is 2.19. The predicted octanol–water partition coefficient (Wildman–Crippen LogP) is 17.4. The van der Waals surface area contributed by atoms with Gasteiger partial charge in [-0.2, -0.15) is 0 Å². The number of esters is 3. The van der Waals surface area contributed by atoms with Gasteiger partial charge in [0.1, 0.15) is 13.2 Å². The molecule has 0 bridgehead atoms. The van der Waals surface area contributed by atoms with Gasteiger partial charge < -0.3 is 14.2 Å². The molecule has 0 aliphatic rings. The number of rotatable bonds is 47. The van der Waals surface area contributed by atoms with Crippen LogP contribution in [0.25, 0.3) is 0 Å². The summed E-state index contributed by atoms with van der Waals surface area (Å²) in [5.74, 6) is -0.937. The maximum absolute atomic E-state index is 12.8. The summed E-state index contributed by atoms with van der Waals surface area (Å²) >= 11 is 0. The Morgan fingerprint density at radius 3 is 1.03 bits per heavy atom. The number of unbranched alkanes of at least 4 members (excludes halogenated alkanes) is 24. The van der Waals surface area contributed by atoms with E-state index < -0.39 is 6.10 Å². The second kappa shape index (κ2) is 51.5. The van der Waals surface area contributed by atoms with Crippen LogP contribution in [0.1, 0.15) is 252 Å². The lowest BCUT2D eigenvalue weighted by Gasteiger charge is -2.18. The number of allylic oxidation sites excluding steroid dienone is 12. The molecule has 0 rings (SSSR count). The summed E-state index contributed by atoms with van der Waals surface area (Å²) < 4.78 is 16.8. The van der Waals surface area contributed by atoms with Crippen molar-refractivity contribution < 1.29 is 28.6 Å². The van der Waals surface area contributed by atoms with E-state index in [1.165, 1.54) is 116 Å². The van der Waals surface area contributed by atoms with Crippen LogP contribution < -0.4 is 0 Å². The van der Waals surface area contributed by atoms with Gasteiger partial charge in [0, 0.05) is 19.3 Å². The van der Waals surface area contributed by atoms with Crippen molar-refractivity contribution in [1.29, 1.82) is 0 Å². The summed E-state index contributed by atoms with van der Waals surface area (Å²) in [5.41, 5.74) is 0. The molecule has 362 valence electrons. The Hall–Kier alpha value is -3.15. The summed E-state index contributed by atoms with van der Waals surface area (Å²) in [5, 5.41) is 0. The van der Waals surface area contributed by atoms with E-state index in [0.29, 0.717) is 19.3 Å². The number of carbonyl (C=O) groups excluding carboxylic acids is 3. The molecule has 0 unspecified atom stereocenters. The van der Waals surface area contributed by atoms with Gasteiger partial charge in [-0.1, -0.05) is 216 Å². The minimum atomic E-state index is -0.793. The van der Waals surface area contributed by atoms with Crippen molar-refractivity contribution in [2.24, 2.45) is 0 Å².